The van der Waals surface area contributed by atoms with Crippen molar-refractivity contribution in [2.45, 2.75) is 31.2 Å². The lowest BCUT2D eigenvalue weighted by atomic mass is 9.75. The van der Waals surface area contributed by atoms with Crippen LogP contribution in [0.1, 0.15) is 36.2 Å². The first-order valence-corrected chi connectivity index (χ1v) is 9.16. The molecule has 0 bridgehead atoms. The van der Waals surface area contributed by atoms with Gasteiger partial charge in [0.2, 0.25) is 0 Å². The van der Waals surface area contributed by atoms with Crippen LogP contribution in [0.15, 0.2) is 24.4 Å². The fraction of sp³-hybridized carbons (Fsp3) is 0.684. The molecule has 1 aromatic heterocycles. The standard InChI is InChI=1S/C19H27N3O2/c1-21-9-7-16(12-24-11-15-5-6-15)10-19(21)13-22(14-19)18(23)17-4-2-3-8-20-17/h2-4,8,15-16H,5-7,9-14H2,1H3/t16-/m1/s1. The molecule has 0 radical (unpaired) electrons. The summed E-state index contributed by atoms with van der Waals surface area (Å²) >= 11 is 0. The van der Waals surface area contributed by atoms with Crippen LogP contribution in [0.3, 0.4) is 0 Å². The minimum Gasteiger partial charge on any atom is -0.381 e. The summed E-state index contributed by atoms with van der Waals surface area (Å²) in [5, 5.41) is 0. The highest BCUT2D eigenvalue weighted by Crippen LogP contribution is 2.39. The Kier molecular flexibility index (Phi) is 4.31. The van der Waals surface area contributed by atoms with E-state index < -0.39 is 0 Å². The van der Waals surface area contributed by atoms with Crippen molar-refractivity contribution in [1.82, 2.24) is 14.8 Å². The van der Waals surface area contributed by atoms with Gasteiger partial charge in [0, 0.05) is 32.5 Å². The summed E-state index contributed by atoms with van der Waals surface area (Å²) in [5.74, 6) is 1.52. The number of pyridine rings is 1. The first-order valence-electron chi connectivity index (χ1n) is 9.16. The van der Waals surface area contributed by atoms with E-state index in [4.69, 9.17) is 4.74 Å². The molecule has 3 fully saturated rings. The molecule has 5 heteroatoms. The second-order valence-electron chi connectivity index (χ2n) is 7.86. The van der Waals surface area contributed by atoms with Gasteiger partial charge in [0.25, 0.3) is 5.91 Å². The number of carbonyl (C=O) groups excluding carboxylic acids is 1. The van der Waals surface area contributed by atoms with Crippen molar-refractivity contribution in [3.8, 4) is 0 Å². The van der Waals surface area contributed by atoms with Crippen LogP contribution in [0.25, 0.3) is 0 Å². The monoisotopic (exact) mass is 329 g/mol. The summed E-state index contributed by atoms with van der Waals surface area (Å²) in [6.45, 7) is 4.57. The topological polar surface area (TPSA) is 45.7 Å². The van der Waals surface area contributed by atoms with Crippen molar-refractivity contribution in [2.75, 3.05) is 39.9 Å². The lowest BCUT2D eigenvalue weighted by molar-refractivity contribution is -0.0763. The van der Waals surface area contributed by atoms with E-state index in [9.17, 15) is 4.79 Å². The van der Waals surface area contributed by atoms with E-state index in [2.05, 4.69) is 16.9 Å². The Labute approximate surface area is 144 Å². The quantitative estimate of drug-likeness (QED) is 0.829. The second kappa shape index (κ2) is 6.45. The van der Waals surface area contributed by atoms with Gasteiger partial charge in [0.1, 0.15) is 5.69 Å². The molecule has 1 amide bonds. The number of hydrogen-bond acceptors (Lipinski definition) is 4. The number of carbonyl (C=O) groups is 1. The maximum absolute atomic E-state index is 12.5. The zero-order valence-corrected chi connectivity index (χ0v) is 14.5. The molecule has 1 atom stereocenters. The lowest BCUT2D eigenvalue weighted by Crippen LogP contribution is -2.72. The summed E-state index contributed by atoms with van der Waals surface area (Å²) in [7, 11) is 2.20. The minimum atomic E-state index is 0.0572. The third kappa shape index (κ3) is 3.20. The molecule has 0 unspecified atom stereocenters. The van der Waals surface area contributed by atoms with Gasteiger partial charge in [-0.3, -0.25) is 14.7 Å². The normalized spacial score (nSPS) is 26.4. The minimum absolute atomic E-state index is 0.0572. The van der Waals surface area contributed by atoms with E-state index in [0.717, 1.165) is 45.2 Å². The van der Waals surface area contributed by atoms with Gasteiger partial charge < -0.3 is 9.64 Å². The van der Waals surface area contributed by atoms with Crippen LogP contribution in [0.2, 0.25) is 0 Å². The highest BCUT2D eigenvalue weighted by Gasteiger charge is 2.51. The van der Waals surface area contributed by atoms with Crippen LogP contribution >= 0.6 is 0 Å². The number of likely N-dealkylation sites (tertiary alicyclic amines) is 2. The zero-order valence-electron chi connectivity index (χ0n) is 14.5. The van der Waals surface area contributed by atoms with E-state index >= 15 is 0 Å². The first kappa shape index (κ1) is 16.0. The van der Waals surface area contributed by atoms with E-state index in [-0.39, 0.29) is 11.4 Å². The van der Waals surface area contributed by atoms with Gasteiger partial charge in [-0.15, -0.1) is 0 Å². The average molecular weight is 329 g/mol. The highest BCUT2D eigenvalue weighted by atomic mass is 16.5. The number of hydrogen-bond donors (Lipinski definition) is 0. The largest absolute Gasteiger partial charge is 0.381 e. The number of amides is 1. The number of nitrogens with zero attached hydrogens (tertiary/aromatic N) is 3. The Balaban J connectivity index is 1.32. The van der Waals surface area contributed by atoms with E-state index in [0.29, 0.717) is 11.6 Å². The summed E-state index contributed by atoms with van der Waals surface area (Å²) in [6, 6.07) is 5.51. The number of likely N-dealkylation sites (N-methyl/N-ethyl adjacent to an activating group) is 1. The molecule has 5 nitrogen and oxygen atoms in total. The molecule has 4 rings (SSSR count). The lowest BCUT2D eigenvalue weighted by Gasteiger charge is -2.58. The van der Waals surface area contributed by atoms with Crippen LogP contribution in [0.4, 0.5) is 0 Å². The third-order valence-electron chi connectivity index (χ3n) is 5.90. The van der Waals surface area contributed by atoms with Crippen molar-refractivity contribution in [3.05, 3.63) is 30.1 Å². The predicted molar refractivity (Wildman–Crippen MR) is 91.8 cm³/mol. The van der Waals surface area contributed by atoms with Gasteiger partial charge in [0.15, 0.2) is 0 Å². The SMILES string of the molecule is CN1CC[C@@H](COCC2CC2)CC12CN(C(=O)c1ccccn1)C2. The van der Waals surface area contributed by atoms with Crippen LogP contribution < -0.4 is 0 Å². The molecule has 3 aliphatic rings. The van der Waals surface area contributed by atoms with Gasteiger partial charge in [0.05, 0.1) is 5.54 Å². The van der Waals surface area contributed by atoms with Gasteiger partial charge in [-0.2, -0.15) is 0 Å². The number of ether oxygens (including phenoxy) is 1. The molecular weight excluding hydrogens is 302 g/mol. The van der Waals surface area contributed by atoms with E-state index in [1.165, 1.54) is 19.3 Å². The first-order chi connectivity index (χ1) is 11.7. The van der Waals surface area contributed by atoms with Crippen LogP contribution in [0.5, 0.6) is 0 Å². The summed E-state index contributed by atoms with van der Waals surface area (Å²) in [6.07, 6.45) is 6.73. The molecular formula is C19H27N3O2. The molecule has 2 saturated heterocycles. The number of rotatable bonds is 5. The van der Waals surface area contributed by atoms with Crippen LogP contribution in [0, 0.1) is 11.8 Å². The Morgan fingerprint density at radius 1 is 1.25 bits per heavy atom. The molecule has 2 aliphatic heterocycles. The van der Waals surface area contributed by atoms with Crippen molar-refractivity contribution >= 4 is 5.91 Å². The molecule has 0 aromatic carbocycles. The van der Waals surface area contributed by atoms with E-state index in [1.807, 2.05) is 17.0 Å². The average Bonchev–Trinajstić information content (AvgIpc) is 3.39. The third-order valence-corrected chi connectivity index (χ3v) is 5.90. The summed E-state index contributed by atoms with van der Waals surface area (Å²) in [4.78, 5) is 21.1. The second-order valence-corrected chi connectivity index (χ2v) is 7.86. The smallest absolute Gasteiger partial charge is 0.272 e. The van der Waals surface area contributed by atoms with Gasteiger partial charge >= 0.3 is 0 Å². The number of piperidine rings is 1. The summed E-state index contributed by atoms with van der Waals surface area (Å²) < 4.78 is 5.93. The molecule has 24 heavy (non-hydrogen) atoms. The van der Waals surface area contributed by atoms with Crippen molar-refractivity contribution in [2.24, 2.45) is 11.8 Å². The van der Waals surface area contributed by atoms with Gasteiger partial charge in [-0.05, 0) is 63.2 Å². The highest BCUT2D eigenvalue weighted by molar-refractivity contribution is 5.93. The fourth-order valence-corrected chi connectivity index (χ4v) is 4.07. The molecule has 130 valence electrons. The maximum atomic E-state index is 12.5. The van der Waals surface area contributed by atoms with Crippen molar-refractivity contribution in [3.63, 3.8) is 0 Å². The number of aromatic nitrogens is 1. The van der Waals surface area contributed by atoms with Crippen LogP contribution in [-0.2, 0) is 4.74 Å². The Hall–Kier alpha value is -1.46. The van der Waals surface area contributed by atoms with Crippen molar-refractivity contribution < 1.29 is 9.53 Å². The summed E-state index contributed by atoms with van der Waals surface area (Å²) in [5.41, 5.74) is 0.700. The molecule has 1 aliphatic carbocycles. The Morgan fingerprint density at radius 2 is 2.04 bits per heavy atom. The predicted octanol–water partition coefficient (Wildman–Crippen LogP) is 2.04. The van der Waals surface area contributed by atoms with Gasteiger partial charge in [-0.1, -0.05) is 6.07 Å². The molecule has 1 aromatic rings. The van der Waals surface area contributed by atoms with Crippen LogP contribution in [-0.4, -0.2) is 66.1 Å². The van der Waals surface area contributed by atoms with E-state index in [1.54, 1.807) is 12.3 Å². The molecule has 0 N–H and O–H groups in total. The molecule has 3 heterocycles. The van der Waals surface area contributed by atoms with Gasteiger partial charge in [-0.25, -0.2) is 0 Å². The zero-order chi connectivity index (χ0) is 16.6. The Morgan fingerprint density at radius 3 is 2.75 bits per heavy atom. The Bertz CT molecular complexity index is 582. The molecule has 1 saturated carbocycles. The molecule has 1 spiro atoms. The van der Waals surface area contributed by atoms with Crippen molar-refractivity contribution in [1.29, 1.82) is 0 Å². The fourth-order valence-electron chi connectivity index (χ4n) is 4.07. The maximum Gasteiger partial charge on any atom is 0.272 e.